The molecule has 0 saturated carbocycles. The zero-order valence-corrected chi connectivity index (χ0v) is 12.4. The summed E-state index contributed by atoms with van der Waals surface area (Å²) in [6.07, 6.45) is 1.69. The van der Waals surface area contributed by atoms with Gasteiger partial charge in [-0.3, -0.25) is 0 Å². The van der Waals surface area contributed by atoms with Crippen LogP contribution < -0.4 is 0 Å². The van der Waals surface area contributed by atoms with Crippen LogP contribution in [0, 0.1) is 18.7 Å². The van der Waals surface area contributed by atoms with E-state index in [0.29, 0.717) is 10.9 Å². The van der Waals surface area contributed by atoms with E-state index in [4.69, 9.17) is 28.2 Å². The SMILES string of the molecule is Cc1ccc(-n2ncc(-c3n[nH]c(=S)o3)c2C)cc1Cl. The molecule has 1 N–H and O–H groups in total. The Balaban J connectivity index is 2.10. The molecular formula is C13H11ClN4OS. The standard InChI is InChI=1S/C13H11ClN4OS/c1-7-3-4-9(5-11(7)14)18-8(2)10(6-15-18)12-16-17-13(20)19-12/h3-6H,1-2H3,(H,17,20). The normalized spacial score (nSPS) is 10.9. The number of nitrogens with zero attached hydrogens (tertiary/aromatic N) is 3. The molecule has 0 atom stereocenters. The summed E-state index contributed by atoms with van der Waals surface area (Å²) in [4.78, 5) is 0.241. The van der Waals surface area contributed by atoms with Crippen LogP contribution in [0.15, 0.2) is 28.8 Å². The number of aromatic amines is 1. The second-order valence-corrected chi connectivity index (χ2v) is 5.19. The minimum absolute atomic E-state index is 0.241. The summed E-state index contributed by atoms with van der Waals surface area (Å²) in [5.41, 5.74) is 3.60. The molecule has 0 saturated heterocycles. The smallest absolute Gasteiger partial charge is 0.284 e. The fourth-order valence-corrected chi connectivity index (χ4v) is 2.24. The van der Waals surface area contributed by atoms with E-state index < -0.39 is 0 Å². The first-order valence-electron chi connectivity index (χ1n) is 5.93. The lowest BCUT2D eigenvalue weighted by Crippen LogP contribution is -1.99. The van der Waals surface area contributed by atoms with Crippen LogP contribution in [0.25, 0.3) is 17.1 Å². The number of H-pyrrole nitrogens is 1. The van der Waals surface area contributed by atoms with Gasteiger partial charge in [0.1, 0.15) is 0 Å². The van der Waals surface area contributed by atoms with Crippen LogP contribution in [0.4, 0.5) is 0 Å². The highest BCUT2D eigenvalue weighted by molar-refractivity contribution is 7.71. The Hall–Kier alpha value is -1.92. The van der Waals surface area contributed by atoms with Gasteiger partial charge in [-0.25, -0.2) is 9.78 Å². The van der Waals surface area contributed by atoms with Crippen molar-refractivity contribution in [1.82, 2.24) is 20.0 Å². The van der Waals surface area contributed by atoms with Crippen molar-refractivity contribution < 1.29 is 4.42 Å². The lowest BCUT2D eigenvalue weighted by atomic mass is 10.2. The molecule has 2 aromatic heterocycles. The molecule has 0 bridgehead atoms. The van der Waals surface area contributed by atoms with Crippen LogP contribution in [-0.4, -0.2) is 20.0 Å². The van der Waals surface area contributed by atoms with E-state index in [1.807, 2.05) is 32.0 Å². The van der Waals surface area contributed by atoms with Crippen LogP contribution in [0.3, 0.4) is 0 Å². The molecule has 7 heteroatoms. The first-order valence-corrected chi connectivity index (χ1v) is 6.72. The number of aromatic nitrogens is 4. The Kier molecular flexibility index (Phi) is 3.19. The minimum atomic E-state index is 0.241. The zero-order valence-electron chi connectivity index (χ0n) is 10.8. The molecule has 0 aliphatic carbocycles. The van der Waals surface area contributed by atoms with Gasteiger partial charge in [0.15, 0.2) is 0 Å². The maximum absolute atomic E-state index is 6.15. The Morgan fingerprint density at radius 2 is 2.15 bits per heavy atom. The van der Waals surface area contributed by atoms with Gasteiger partial charge in [0, 0.05) is 5.02 Å². The van der Waals surface area contributed by atoms with Crippen molar-refractivity contribution in [2.75, 3.05) is 0 Å². The van der Waals surface area contributed by atoms with Gasteiger partial charge in [-0.15, -0.1) is 5.10 Å². The molecule has 20 heavy (non-hydrogen) atoms. The second-order valence-electron chi connectivity index (χ2n) is 4.41. The zero-order chi connectivity index (χ0) is 14.3. The molecule has 5 nitrogen and oxygen atoms in total. The molecule has 0 aliphatic heterocycles. The second kappa shape index (κ2) is 4.88. The molecule has 0 unspecified atom stereocenters. The number of aryl methyl sites for hydroxylation is 1. The number of benzene rings is 1. The largest absolute Gasteiger partial charge is 0.409 e. The Morgan fingerprint density at radius 3 is 2.80 bits per heavy atom. The fraction of sp³-hybridized carbons (Fsp3) is 0.154. The maximum atomic E-state index is 6.15. The van der Waals surface area contributed by atoms with Gasteiger partial charge < -0.3 is 4.42 Å². The van der Waals surface area contributed by atoms with Gasteiger partial charge >= 0.3 is 0 Å². The molecule has 3 aromatic rings. The molecule has 0 spiro atoms. The number of rotatable bonds is 2. The van der Waals surface area contributed by atoms with Crippen molar-refractivity contribution in [1.29, 1.82) is 0 Å². The fourth-order valence-electron chi connectivity index (χ4n) is 1.94. The van der Waals surface area contributed by atoms with Crippen LogP contribution in [0.1, 0.15) is 11.3 Å². The van der Waals surface area contributed by atoms with Crippen LogP contribution in [0.2, 0.25) is 5.02 Å². The Labute approximate surface area is 125 Å². The Morgan fingerprint density at radius 1 is 1.35 bits per heavy atom. The van der Waals surface area contributed by atoms with E-state index in [2.05, 4.69) is 15.3 Å². The van der Waals surface area contributed by atoms with Crippen molar-refractivity contribution in [3.8, 4) is 17.1 Å². The molecule has 0 aliphatic rings. The van der Waals surface area contributed by atoms with Crippen molar-refractivity contribution >= 4 is 23.8 Å². The van der Waals surface area contributed by atoms with Crippen molar-refractivity contribution in [2.24, 2.45) is 0 Å². The highest BCUT2D eigenvalue weighted by Crippen LogP contribution is 2.25. The summed E-state index contributed by atoms with van der Waals surface area (Å²) in [6, 6.07) is 5.80. The summed E-state index contributed by atoms with van der Waals surface area (Å²) in [5.74, 6) is 0.428. The predicted octanol–water partition coefficient (Wildman–Crippen LogP) is 3.86. The van der Waals surface area contributed by atoms with Crippen LogP contribution in [0.5, 0.6) is 0 Å². The van der Waals surface area contributed by atoms with Crippen LogP contribution >= 0.6 is 23.8 Å². The summed E-state index contributed by atoms with van der Waals surface area (Å²) in [6.45, 7) is 3.89. The number of hydrogen-bond acceptors (Lipinski definition) is 4. The molecule has 0 fully saturated rings. The third-order valence-corrected chi connectivity index (χ3v) is 3.66. The first-order chi connectivity index (χ1) is 9.56. The van der Waals surface area contributed by atoms with Gasteiger partial charge in [0.25, 0.3) is 4.84 Å². The molecule has 0 amide bonds. The summed E-state index contributed by atoms with van der Waals surface area (Å²) in [7, 11) is 0. The average Bonchev–Trinajstić information content (AvgIpc) is 2.99. The molecule has 0 radical (unpaired) electrons. The van der Waals surface area contributed by atoms with E-state index in [1.165, 1.54) is 0 Å². The van der Waals surface area contributed by atoms with Gasteiger partial charge in [0.05, 0.1) is 23.1 Å². The lowest BCUT2D eigenvalue weighted by Gasteiger charge is -2.06. The van der Waals surface area contributed by atoms with E-state index in [0.717, 1.165) is 22.5 Å². The molecule has 102 valence electrons. The van der Waals surface area contributed by atoms with Crippen molar-refractivity contribution in [3.05, 3.63) is 45.5 Å². The molecule has 2 heterocycles. The highest BCUT2D eigenvalue weighted by atomic mass is 35.5. The van der Waals surface area contributed by atoms with Crippen molar-refractivity contribution in [3.63, 3.8) is 0 Å². The predicted molar refractivity (Wildman–Crippen MR) is 78.7 cm³/mol. The van der Waals surface area contributed by atoms with E-state index in [-0.39, 0.29) is 4.84 Å². The highest BCUT2D eigenvalue weighted by Gasteiger charge is 2.14. The number of hydrogen-bond donors (Lipinski definition) is 1. The maximum Gasteiger partial charge on any atom is 0.284 e. The van der Waals surface area contributed by atoms with E-state index in [9.17, 15) is 0 Å². The van der Waals surface area contributed by atoms with Gasteiger partial charge in [-0.1, -0.05) is 17.7 Å². The molecule has 1 aromatic carbocycles. The minimum Gasteiger partial charge on any atom is -0.409 e. The third-order valence-electron chi connectivity index (χ3n) is 3.08. The van der Waals surface area contributed by atoms with E-state index >= 15 is 0 Å². The topological polar surface area (TPSA) is 59.6 Å². The van der Waals surface area contributed by atoms with Crippen molar-refractivity contribution in [2.45, 2.75) is 13.8 Å². The van der Waals surface area contributed by atoms with Gasteiger partial charge in [-0.05, 0) is 43.8 Å². The molecule has 3 rings (SSSR count). The number of halogens is 1. The summed E-state index contributed by atoms with van der Waals surface area (Å²) < 4.78 is 7.10. The van der Waals surface area contributed by atoms with Crippen LogP contribution in [-0.2, 0) is 0 Å². The van der Waals surface area contributed by atoms with Gasteiger partial charge in [-0.2, -0.15) is 5.10 Å². The number of nitrogens with one attached hydrogen (secondary N) is 1. The Bertz CT molecular complexity index is 833. The quantitative estimate of drug-likeness (QED) is 0.730. The van der Waals surface area contributed by atoms with Gasteiger partial charge in [0.2, 0.25) is 5.89 Å². The molecular weight excluding hydrogens is 296 g/mol. The first kappa shape index (κ1) is 13.1. The summed E-state index contributed by atoms with van der Waals surface area (Å²) in [5, 5.41) is 11.7. The monoisotopic (exact) mass is 306 g/mol. The lowest BCUT2D eigenvalue weighted by molar-refractivity contribution is 0.551. The van der Waals surface area contributed by atoms with E-state index in [1.54, 1.807) is 10.9 Å². The third kappa shape index (κ3) is 2.17. The summed E-state index contributed by atoms with van der Waals surface area (Å²) >= 11 is 11.0. The average molecular weight is 307 g/mol.